The molecule has 0 rings (SSSR count). The minimum absolute atomic E-state index is 0.157. The SMILES string of the molecule is CCCCC[C@H](O)/C=C/[C@@H](O)CCCCCCC(=O)OC. The molecule has 0 unspecified atom stereocenters. The van der Waals surface area contributed by atoms with Gasteiger partial charge >= 0.3 is 5.97 Å². The summed E-state index contributed by atoms with van der Waals surface area (Å²) >= 11 is 0. The standard InChI is InChI=1S/C17H32O4/c1-3-4-7-10-15(18)13-14-16(19)11-8-5-6-9-12-17(20)21-2/h13-16,18-19H,3-12H2,1-2H3/b14-13+/t15-,16-/m0/s1. The summed E-state index contributed by atoms with van der Waals surface area (Å²) in [6, 6.07) is 0. The van der Waals surface area contributed by atoms with Crippen LogP contribution in [0.5, 0.6) is 0 Å². The molecule has 0 heterocycles. The Morgan fingerprint density at radius 2 is 1.48 bits per heavy atom. The van der Waals surface area contributed by atoms with E-state index in [4.69, 9.17) is 0 Å². The molecule has 0 aliphatic carbocycles. The lowest BCUT2D eigenvalue weighted by Gasteiger charge is -2.08. The van der Waals surface area contributed by atoms with E-state index in [1.165, 1.54) is 7.11 Å². The quantitative estimate of drug-likeness (QED) is 0.311. The van der Waals surface area contributed by atoms with Crippen LogP contribution in [0.15, 0.2) is 12.2 Å². The zero-order valence-corrected chi connectivity index (χ0v) is 13.6. The highest BCUT2D eigenvalue weighted by atomic mass is 16.5. The first-order valence-corrected chi connectivity index (χ1v) is 8.21. The number of esters is 1. The number of rotatable bonds is 13. The number of hydrogen-bond acceptors (Lipinski definition) is 4. The van der Waals surface area contributed by atoms with Crippen LogP contribution >= 0.6 is 0 Å². The first-order chi connectivity index (χ1) is 10.1. The number of carbonyl (C=O) groups excluding carboxylic acids is 1. The highest BCUT2D eigenvalue weighted by molar-refractivity contribution is 5.68. The Bertz CT molecular complexity index is 276. The Morgan fingerprint density at radius 3 is 2.00 bits per heavy atom. The maximum absolute atomic E-state index is 10.9. The molecule has 0 aromatic rings. The van der Waals surface area contributed by atoms with E-state index in [2.05, 4.69) is 11.7 Å². The topological polar surface area (TPSA) is 66.8 Å². The Kier molecular flexibility index (Phi) is 13.5. The van der Waals surface area contributed by atoms with E-state index in [0.717, 1.165) is 51.4 Å². The first-order valence-electron chi connectivity index (χ1n) is 8.21. The van der Waals surface area contributed by atoms with E-state index in [1.807, 2.05) is 0 Å². The van der Waals surface area contributed by atoms with Crippen LogP contribution in [0, 0.1) is 0 Å². The van der Waals surface area contributed by atoms with Crippen LogP contribution in [-0.4, -0.2) is 35.5 Å². The zero-order valence-electron chi connectivity index (χ0n) is 13.6. The number of hydrogen-bond donors (Lipinski definition) is 2. The van der Waals surface area contributed by atoms with Crippen LogP contribution in [-0.2, 0) is 9.53 Å². The molecule has 4 nitrogen and oxygen atoms in total. The van der Waals surface area contributed by atoms with Crippen LogP contribution in [0.1, 0.15) is 71.1 Å². The number of ether oxygens (including phenoxy) is 1. The molecule has 0 saturated carbocycles. The number of aliphatic hydroxyl groups is 2. The predicted octanol–water partition coefficient (Wildman–Crippen LogP) is 3.36. The van der Waals surface area contributed by atoms with Crippen LogP contribution in [0.2, 0.25) is 0 Å². The lowest BCUT2D eigenvalue weighted by Crippen LogP contribution is -2.06. The van der Waals surface area contributed by atoms with Gasteiger partial charge in [0.25, 0.3) is 0 Å². The van der Waals surface area contributed by atoms with Gasteiger partial charge in [-0.2, -0.15) is 0 Å². The lowest BCUT2D eigenvalue weighted by atomic mass is 10.1. The summed E-state index contributed by atoms with van der Waals surface area (Å²) in [7, 11) is 1.40. The van der Waals surface area contributed by atoms with E-state index < -0.39 is 12.2 Å². The maximum Gasteiger partial charge on any atom is 0.305 e. The normalized spacial score (nSPS) is 14.3. The van der Waals surface area contributed by atoms with Gasteiger partial charge in [0.2, 0.25) is 0 Å². The maximum atomic E-state index is 10.9. The summed E-state index contributed by atoms with van der Waals surface area (Å²) in [6.45, 7) is 2.14. The van der Waals surface area contributed by atoms with Crippen molar-refractivity contribution in [3.63, 3.8) is 0 Å². The fraction of sp³-hybridized carbons (Fsp3) is 0.824. The van der Waals surface area contributed by atoms with E-state index >= 15 is 0 Å². The fourth-order valence-electron chi connectivity index (χ4n) is 2.13. The minimum Gasteiger partial charge on any atom is -0.469 e. The van der Waals surface area contributed by atoms with Crippen molar-refractivity contribution in [2.24, 2.45) is 0 Å². The minimum atomic E-state index is -0.480. The van der Waals surface area contributed by atoms with Gasteiger partial charge in [0.15, 0.2) is 0 Å². The van der Waals surface area contributed by atoms with Crippen molar-refractivity contribution in [3.8, 4) is 0 Å². The van der Waals surface area contributed by atoms with Crippen molar-refractivity contribution in [1.82, 2.24) is 0 Å². The number of unbranched alkanes of at least 4 members (excludes halogenated alkanes) is 5. The van der Waals surface area contributed by atoms with E-state index in [0.29, 0.717) is 12.8 Å². The number of aliphatic hydroxyl groups excluding tert-OH is 2. The van der Waals surface area contributed by atoms with Gasteiger partial charge in [-0.05, 0) is 19.3 Å². The van der Waals surface area contributed by atoms with Gasteiger partial charge in [0.05, 0.1) is 19.3 Å². The summed E-state index contributed by atoms with van der Waals surface area (Å²) in [5.41, 5.74) is 0. The van der Waals surface area contributed by atoms with Crippen LogP contribution in [0.3, 0.4) is 0 Å². The third-order valence-corrected chi connectivity index (χ3v) is 3.52. The Balaban J connectivity index is 3.52. The Hall–Kier alpha value is -0.870. The van der Waals surface area contributed by atoms with Gasteiger partial charge in [-0.25, -0.2) is 0 Å². The fourth-order valence-corrected chi connectivity index (χ4v) is 2.13. The number of methoxy groups -OCH3 is 1. The molecule has 2 N–H and O–H groups in total. The van der Waals surface area contributed by atoms with Crippen molar-refractivity contribution in [3.05, 3.63) is 12.2 Å². The zero-order chi connectivity index (χ0) is 15.9. The van der Waals surface area contributed by atoms with Crippen molar-refractivity contribution >= 4 is 5.97 Å². The van der Waals surface area contributed by atoms with Crippen molar-refractivity contribution in [2.45, 2.75) is 83.3 Å². The second kappa shape index (κ2) is 14.1. The van der Waals surface area contributed by atoms with Crippen molar-refractivity contribution in [1.29, 1.82) is 0 Å². The summed E-state index contributed by atoms with van der Waals surface area (Å²) in [5, 5.41) is 19.5. The van der Waals surface area contributed by atoms with Gasteiger partial charge in [-0.15, -0.1) is 0 Å². The average molecular weight is 300 g/mol. The van der Waals surface area contributed by atoms with E-state index in [9.17, 15) is 15.0 Å². The Morgan fingerprint density at radius 1 is 0.952 bits per heavy atom. The first kappa shape index (κ1) is 20.1. The second-order valence-electron chi connectivity index (χ2n) is 5.54. The van der Waals surface area contributed by atoms with E-state index in [1.54, 1.807) is 12.2 Å². The Labute approximate surface area is 129 Å². The molecule has 4 heteroatoms. The van der Waals surface area contributed by atoms with Crippen molar-refractivity contribution < 1.29 is 19.7 Å². The lowest BCUT2D eigenvalue weighted by molar-refractivity contribution is -0.140. The molecule has 0 aromatic carbocycles. The van der Waals surface area contributed by atoms with Gasteiger partial charge in [-0.3, -0.25) is 4.79 Å². The molecule has 0 fully saturated rings. The molecule has 0 aromatic heterocycles. The van der Waals surface area contributed by atoms with Crippen molar-refractivity contribution in [2.75, 3.05) is 7.11 Å². The summed E-state index contributed by atoms with van der Waals surface area (Å²) in [5.74, 6) is -0.157. The second-order valence-corrected chi connectivity index (χ2v) is 5.54. The van der Waals surface area contributed by atoms with Gasteiger partial charge in [-0.1, -0.05) is 57.6 Å². The van der Waals surface area contributed by atoms with Gasteiger partial charge in [0.1, 0.15) is 0 Å². The van der Waals surface area contributed by atoms with Crippen LogP contribution < -0.4 is 0 Å². The smallest absolute Gasteiger partial charge is 0.305 e. The predicted molar refractivity (Wildman–Crippen MR) is 85.0 cm³/mol. The largest absolute Gasteiger partial charge is 0.469 e. The van der Waals surface area contributed by atoms with E-state index in [-0.39, 0.29) is 5.97 Å². The molecule has 124 valence electrons. The summed E-state index contributed by atoms with van der Waals surface area (Å²) in [6.07, 6.45) is 11.5. The molecule has 21 heavy (non-hydrogen) atoms. The summed E-state index contributed by atoms with van der Waals surface area (Å²) in [4.78, 5) is 10.9. The molecule has 0 spiro atoms. The molecule has 2 atom stereocenters. The molecule has 0 radical (unpaired) electrons. The van der Waals surface area contributed by atoms with Gasteiger partial charge < -0.3 is 14.9 Å². The average Bonchev–Trinajstić information content (AvgIpc) is 2.48. The molecule has 0 aliphatic heterocycles. The third-order valence-electron chi connectivity index (χ3n) is 3.52. The molecular formula is C17H32O4. The monoisotopic (exact) mass is 300 g/mol. The van der Waals surface area contributed by atoms with Gasteiger partial charge in [0, 0.05) is 6.42 Å². The molecule has 0 aliphatic rings. The molecule has 0 amide bonds. The highest BCUT2D eigenvalue weighted by Crippen LogP contribution is 2.10. The molecule has 0 bridgehead atoms. The molecule has 0 saturated heterocycles. The number of carbonyl (C=O) groups is 1. The highest BCUT2D eigenvalue weighted by Gasteiger charge is 2.03. The van der Waals surface area contributed by atoms with Crippen LogP contribution in [0.4, 0.5) is 0 Å². The third kappa shape index (κ3) is 13.9. The molecular weight excluding hydrogens is 268 g/mol. The van der Waals surface area contributed by atoms with Crippen LogP contribution in [0.25, 0.3) is 0 Å². The summed E-state index contributed by atoms with van der Waals surface area (Å²) < 4.78 is 4.57.